The Balaban J connectivity index is 4.35. The summed E-state index contributed by atoms with van der Waals surface area (Å²) >= 11 is 0. The molecular weight excluding hydrogens is 841 g/mol. The fraction of sp³-hybridized carbons (Fsp3) is 0.790. The summed E-state index contributed by atoms with van der Waals surface area (Å²) in [6.07, 6.45) is 70.6. The number of hydrogen-bond donors (Lipinski definition) is 0. The summed E-state index contributed by atoms with van der Waals surface area (Å²) in [5.74, 6) is -0.881. The first-order chi connectivity index (χ1) is 33.5. The summed E-state index contributed by atoms with van der Waals surface area (Å²) in [6, 6.07) is 0. The number of hydrogen-bond acceptors (Lipinski definition) is 6. The van der Waals surface area contributed by atoms with E-state index < -0.39 is 6.10 Å². The van der Waals surface area contributed by atoms with Crippen LogP contribution in [0.2, 0.25) is 0 Å². The van der Waals surface area contributed by atoms with Gasteiger partial charge in [0.2, 0.25) is 0 Å². The molecule has 0 aliphatic carbocycles. The summed E-state index contributed by atoms with van der Waals surface area (Å²) < 4.78 is 16.9. The average molecular weight is 952 g/mol. The van der Waals surface area contributed by atoms with Gasteiger partial charge in [0.25, 0.3) is 0 Å². The molecular formula is C62H110O6. The van der Waals surface area contributed by atoms with Crippen LogP contribution in [0.25, 0.3) is 0 Å². The largest absolute Gasteiger partial charge is 0.462 e. The summed E-state index contributed by atoms with van der Waals surface area (Å²) in [5, 5.41) is 0. The van der Waals surface area contributed by atoms with Crippen molar-refractivity contribution in [2.45, 2.75) is 303 Å². The first-order valence-corrected chi connectivity index (χ1v) is 29.3. The van der Waals surface area contributed by atoms with E-state index in [4.69, 9.17) is 14.2 Å². The molecule has 0 bridgehead atoms. The zero-order valence-corrected chi connectivity index (χ0v) is 45.1. The van der Waals surface area contributed by atoms with Gasteiger partial charge in [-0.1, -0.05) is 255 Å². The molecule has 1 atom stereocenters. The molecule has 68 heavy (non-hydrogen) atoms. The van der Waals surface area contributed by atoms with Gasteiger partial charge in [-0.2, -0.15) is 0 Å². The summed E-state index contributed by atoms with van der Waals surface area (Å²) in [7, 11) is 0. The van der Waals surface area contributed by atoms with Crippen molar-refractivity contribution >= 4 is 17.9 Å². The monoisotopic (exact) mass is 951 g/mol. The predicted octanol–water partition coefficient (Wildman–Crippen LogP) is 19.6. The van der Waals surface area contributed by atoms with Crippen LogP contribution < -0.4 is 0 Å². The molecule has 0 amide bonds. The first kappa shape index (κ1) is 65.1. The molecule has 0 aliphatic heterocycles. The molecule has 1 unspecified atom stereocenters. The molecule has 0 rings (SSSR count). The minimum Gasteiger partial charge on any atom is -0.462 e. The number of carbonyl (C=O) groups excluding carboxylic acids is 3. The highest BCUT2D eigenvalue weighted by molar-refractivity contribution is 5.71. The van der Waals surface area contributed by atoms with Crippen molar-refractivity contribution in [3.05, 3.63) is 60.8 Å². The van der Waals surface area contributed by atoms with Gasteiger partial charge in [0.1, 0.15) is 13.2 Å². The van der Waals surface area contributed by atoms with Crippen molar-refractivity contribution in [2.75, 3.05) is 13.2 Å². The topological polar surface area (TPSA) is 78.9 Å². The molecule has 0 aromatic carbocycles. The molecule has 394 valence electrons. The fourth-order valence-corrected chi connectivity index (χ4v) is 8.37. The summed E-state index contributed by atoms with van der Waals surface area (Å²) in [5.41, 5.74) is 0. The van der Waals surface area contributed by atoms with Gasteiger partial charge >= 0.3 is 17.9 Å². The molecule has 6 nitrogen and oxygen atoms in total. The van der Waals surface area contributed by atoms with E-state index in [1.807, 2.05) is 0 Å². The molecule has 0 fully saturated rings. The third-order valence-corrected chi connectivity index (χ3v) is 12.8. The molecule has 6 heteroatoms. The number of carbonyl (C=O) groups is 3. The van der Waals surface area contributed by atoms with Gasteiger partial charge in [-0.3, -0.25) is 14.4 Å². The fourth-order valence-electron chi connectivity index (χ4n) is 8.37. The Morgan fingerprint density at radius 1 is 0.309 bits per heavy atom. The van der Waals surface area contributed by atoms with Crippen LogP contribution in [0.4, 0.5) is 0 Å². The number of unbranched alkanes of at least 4 members (excludes halogenated alkanes) is 32. The van der Waals surface area contributed by atoms with E-state index in [1.54, 1.807) is 0 Å². The normalized spacial score (nSPS) is 12.5. The van der Waals surface area contributed by atoms with Crippen molar-refractivity contribution in [1.29, 1.82) is 0 Å². The zero-order valence-electron chi connectivity index (χ0n) is 45.1. The molecule has 0 aromatic heterocycles. The van der Waals surface area contributed by atoms with Gasteiger partial charge in [-0.15, -0.1) is 0 Å². The van der Waals surface area contributed by atoms with Gasteiger partial charge in [-0.25, -0.2) is 0 Å². The molecule has 0 heterocycles. The van der Waals surface area contributed by atoms with E-state index in [0.29, 0.717) is 19.3 Å². The second-order valence-electron chi connectivity index (χ2n) is 19.5. The van der Waals surface area contributed by atoms with E-state index in [1.165, 1.54) is 161 Å². The van der Waals surface area contributed by atoms with Crippen LogP contribution in [-0.4, -0.2) is 37.2 Å². The Morgan fingerprint density at radius 2 is 0.574 bits per heavy atom. The third-order valence-electron chi connectivity index (χ3n) is 12.8. The molecule has 0 aliphatic rings. The Kier molecular flexibility index (Phi) is 54.3. The molecule has 0 saturated carbocycles. The maximum atomic E-state index is 12.9. The predicted molar refractivity (Wildman–Crippen MR) is 293 cm³/mol. The Labute approximate surface area is 421 Å². The lowest BCUT2D eigenvalue weighted by Gasteiger charge is -2.18. The lowest BCUT2D eigenvalue weighted by molar-refractivity contribution is -0.167. The Hall–Kier alpha value is -2.89. The van der Waals surface area contributed by atoms with Crippen molar-refractivity contribution < 1.29 is 28.6 Å². The van der Waals surface area contributed by atoms with Crippen LogP contribution in [0.1, 0.15) is 297 Å². The van der Waals surface area contributed by atoms with E-state index in [0.717, 1.165) is 96.3 Å². The van der Waals surface area contributed by atoms with Crippen LogP contribution >= 0.6 is 0 Å². The second kappa shape index (κ2) is 56.7. The second-order valence-corrected chi connectivity index (χ2v) is 19.5. The highest BCUT2D eigenvalue weighted by Gasteiger charge is 2.19. The molecule has 0 radical (unpaired) electrons. The summed E-state index contributed by atoms with van der Waals surface area (Å²) in [4.78, 5) is 38.2. The average Bonchev–Trinajstić information content (AvgIpc) is 3.34. The summed E-state index contributed by atoms with van der Waals surface area (Å²) in [6.45, 7) is 6.54. The van der Waals surface area contributed by atoms with Crippen molar-refractivity contribution in [2.24, 2.45) is 0 Å². The van der Waals surface area contributed by atoms with Crippen LogP contribution in [0.5, 0.6) is 0 Å². The first-order valence-electron chi connectivity index (χ1n) is 29.3. The zero-order chi connectivity index (χ0) is 49.3. The van der Waals surface area contributed by atoms with Gasteiger partial charge in [0.15, 0.2) is 6.10 Å². The van der Waals surface area contributed by atoms with Crippen LogP contribution in [-0.2, 0) is 28.6 Å². The SMILES string of the molecule is CC/C=C\C/C=C\C/C=C\C/C=C\CCCCCCCCCCC(=O)OCC(COC(=O)CCCCCCCCCCCCCCC)OC(=O)CCCCCCC/C=C\CCCCCCCCC. The smallest absolute Gasteiger partial charge is 0.306 e. The number of ether oxygens (including phenoxy) is 3. The van der Waals surface area contributed by atoms with Crippen molar-refractivity contribution in [1.82, 2.24) is 0 Å². The van der Waals surface area contributed by atoms with Gasteiger partial charge in [0.05, 0.1) is 0 Å². The standard InChI is InChI=1S/C62H110O6/c1-4-7-10-13-16-19-22-25-27-29-30-31-32-33-35-37-40-43-46-49-52-55-61(64)67-58-59(57-66-60(63)54-51-48-45-42-39-36-24-21-18-15-12-9-6-3)68-62(65)56-53-50-47-44-41-38-34-28-26-23-20-17-14-11-8-5-2/h7,10,16,19,25,27-28,30-31,34,59H,4-6,8-9,11-15,17-18,20-24,26,29,32-33,35-58H2,1-3H3/b10-7-,19-16-,27-25-,31-30-,34-28-. The van der Waals surface area contributed by atoms with Crippen LogP contribution in [0, 0.1) is 0 Å². The molecule has 0 spiro atoms. The van der Waals surface area contributed by atoms with Crippen molar-refractivity contribution in [3.63, 3.8) is 0 Å². The third kappa shape index (κ3) is 54.1. The lowest BCUT2D eigenvalue weighted by atomic mass is 10.0. The van der Waals surface area contributed by atoms with E-state index in [2.05, 4.69) is 81.5 Å². The molecule has 0 N–H and O–H groups in total. The quantitative estimate of drug-likeness (QED) is 0.0262. The van der Waals surface area contributed by atoms with Crippen LogP contribution in [0.3, 0.4) is 0 Å². The van der Waals surface area contributed by atoms with Gasteiger partial charge < -0.3 is 14.2 Å². The number of esters is 3. The Bertz CT molecular complexity index is 1230. The maximum absolute atomic E-state index is 12.9. The number of allylic oxidation sites excluding steroid dienone is 10. The van der Waals surface area contributed by atoms with Crippen molar-refractivity contribution in [3.8, 4) is 0 Å². The molecule has 0 aromatic rings. The highest BCUT2D eigenvalue weighted by atomic mass is 16.6. The van der Waals surface area contributed by atoms with E-state index in [9.17, 15) is 14.4 Å². The van der Waals surface area contributed by atoms with E-state index in [-0.39, 0.29) is 31.1 Å². The number of rotatable bonds is 53. The maximum Gasteiger partial charge on any atom is 0.306 e. The van der Waals surface area contributed by atoms with Gasteiger partial charge in [-0.05, 0) is 83.5 Å². The Morgan fingerprint density at radius 3 is 0.912 bits per heavy atom. The highest BCUT2D eigenvalue weighted by Crippen LogP contribution is 2.16. The molecule has 0 saturated heterocycles. The van der Waals surface area contributed by atoms with Gasteiger partial charge in [0, 0.05) is 19.3 Å². The van der Waals surface area contributed by atoms with Crippen LogP contribution in [0.15, 0.2) is 60.8 Å². The minimum absolute atomic E-state index is 0.0772. The lowest BCUT2D eigenvalue weighted by Crippen LogP contribution is -2.30. The minimum atomic E-state index is -0.780. The van der Waals surface area contributed by atoms with E-state index >= 15 is 0 Å².